The van der Waals surface area contributed by atoms with Crippen molar-refractivity contribution < 1.29 is 15.0 Å². The molecule has 3 aliphatic carbocycles. The number of rotatable bonds is 4. The van der Waals surface area contributed by atoms with Gasteiger partial charge in [0.15, 0.2) is 0 Å². The molecule has 3 nitrogen and oxygen atoms in total. The summed E-state index contributed by atoms with van der Waals surface area (Å²) in [7, 11) is 0. The Balaban J connectivity index is 1.75. The van der Waals surface area contributed by atoms with Gasteiger partial charge in [0, 0.05) is 17.3 Å². The Kier molecular flexibility index (Phi) is 5.22. The van der Waals surface area contributed by atoms with Crippen LogP contribution in [0.2, 0.25) is 0 Å². The molecule has 1 unspecified atom stereocenters. The Morgan fingerprint density at radius 2 is 1.83 bits per heavy atom. The van der Waals surface area contributed by atoms with Crippen molar-refractivity contribution >= 4 is 5.78 Å². The maximum Gasteiger partial charge on any atom is 0.142 e. The van der Waals surface area contributed by atoms with Gasteiger partial charge in [-0.25, -0.2) is 0 Å². The molecule has 0 saturated heterocycles. The number of carbonyl (C=O) groups is 1. The van der Waals surface area contributed by atoms with Gasteiger partial charge in [0.05, 0.1) is 12.2 Å². The van der Waals surface area contributed by atoms with E-state index in [1.54, 1.807) is 0 Å². The van der Waals surface area contributed by atoms with Crippen molar-refractivity contribution in [3.63, 3.8) is 0 Å². The minimum atomic E-state index is -0.404. The predicted octanol–water partition coefficient (Wildman–Crippen LogP) is 3.73. The van der Waals surface area contributed by atoms with Gasteiger partial charge in [-0.15, -0.1) is 0 Å². The molecule has 0 aromatic carbocycles. The van der Waals surface area contributed by atoms with Gasteiger partial charge >= 0.3 is 0 Å². The Morgan fingerprint density at radius 3 is 2.46 bits per heavy atom. The first-order chi connectivity index (χ1) is 11.4. The molecule has 0 bridgehead atoms. The summed E-state index contributed by atoms with van der Waals surface area (Å²) in [5.74, 6) is 1.34. The second kappa shape index (κ2) is 6.92. The number of aliphatic hydroxyl groups excluding tert-OH is 2. The lowest BCUT2D eigenvalue weighted by molar-refractivity contribution is -0.182. The van der Waals surface area contributed by atoms with Crippen LogP contribution in [-0.4, -0.2) is 28.2 Å². The molecule has 2 N–H and O–H groups in total. The van der Waals surface area contributed by atoms with Crippen molar-refractivity contribution in [3.8, 4) is 0 Å². The van der Waals surface area contributed by atoms with Crippen molar-refractivity contribution in [1.29, 1.82) is 0 Å². The molecule has 3 heteroatoms. The molecule has 3 aliphatic rings. The standard InChI is InChI=1S/C21H34O3/c1-13(2)21-12-11-18(23)16(19(21)14(3)20(21)24)9-10-17(22)15-7-5-4-6-8-15/h9-10,13-19,22-23H,4-8,11-12H2,1-3H3/b10-9+/t14?,16-,17-,18+,19-,21+/m1/s1. The molecule has 3 fully saturated rings. The zero-order valence-corrected chi connectivity index (χ0v) is 15.4. The highest BCUT2D eigenvalue weighted by Crippen LogP contribution is 2.62. The van der Waals surface area contributed by atoms with E-state index in [2.05, 4.69) is 13.8 Å². The molecule has 0 aromatic heterocycles. The monoisotopic (exact) mass is 334 g/mol. The molecule has 0 aliphatic heterocycles. The Hall–Kier alpha value is -0.670. The van der Waals surface area contributed by atoms with Crippen LogP contribution in [0.15, 0.2) is 12.2 Å². The van der Waals surface area contributed by atoms with E-state index >= 15 is 0 Å². The van der Waals surface area contributed by atoms with Gasteiger partial charge in [0.25, 0.3) is 0 Å². The number of carbonyl (C=O) groups excluding carboxylic acids is 1. The van der Waals surface area contributed by atoms with Crippen molar-refractivity contribution in [2.75, 3.05) is 0 Å². The van der Waals surface area contributed by atoms with E-state index in [-0.39, 0.29) is 29.3 Å². The summed E-state index contributed by atoms with van der Waals surface area (Å²) in [5, 5.41) is 21.1. The molecule has 3 saturated carbocycles. The van der Waals surface area contributed by atoms with Crippen molar-refractivity contribution in [2.24, 2.45) is 35.0 Å². The van der Waals surface area contributed by atoms with Gasteiger partial charge in [-0.1, -0.05) is 52.2 Å². The van der Waals surface area contributed by atoms with Crippen LogP contribution in [0.5, 0.6) is 0 Å². The first-order valence-corrected chi connectivity index (χ1v) is 9.98. The average molecular weight is 335 g/mol. The number of Topliss-reactive ketones (excluding diaryl/α,β-unsaturated/α-hetero) is 1. The molecule has 0 spiro atoms. The van der Waals surface area contributed by atoms with Gasteiger partial charge in [-0.2, -0.15) is 0 Å². The Bertz CT molecular complexity index is 491. The topological polar surface area (TPSA) is 57.5 Å². The lowest BCUT2D eigenvalue weighted by Crippen LogP contribution is -2.65. The van der Waals surface area contributed by atoms with Crippen LogP contribution in [-0.2, 0) is 4.79 Å². The number of hydrogen-bond donors (Lipinski definition) is 2. The lowest BCUT2D eigenvalue weighted by Gasteiger charge is -2.61. The van der Waals surface area contributed by atoms with Crippen LogP contribution in [0.25, 0.3) is 0 Å². The minimum Gasteiger partial charge on any atom is -0.393 e. The van der Waals surface area contributed by atoms with Gasteiger partial charge in [-0.05, 0) is 43.4 Å². The van der Waals surface area contributed by atoms with Crippen LogP contribution in [0.4, 0.5) is 0 Å². The smallest absolute Gasteiger partial charge is 0.142 e. The van der Waals surface area contributed by atoms with E-state index in [0.29, 0.717) is 24.0 Å². The summed E-state index contributed by atoms with van der Waals surface area (Å²) in [6, 6.07) is 0. The van der Waals surface area contributed by atoms with Crippen LogP contribution in [0.1, 0.15) is 65.7 Å². The van der Waals surface area contributed by atoms with E-state index in [1.165, 1.54) is 19.3 Å². The fourth-order valence-corrected chi connectivity index (χ4v) is 5.97. The van der Waals surface area contributed by atoms with E-state index in [0.717, 1.165) is 19.3 Å². The highest BCUT2D eigenvalue weighted by molar-refractivity contribution is 5.94. The maximum absolute atomic E-state index is 12.6. The molecule has 0 amide bonds. The molecular formula is C21H34O3. The summed E-state index contributed by atoms with van der Waals surface area (Å²) in [5.41, 5.74) is -0.247. The first kappa shape index (κ1) is 18.1. The van der Waals surface area contributed by atoms with Crippen molar-refractivity contribution in [3.05, 3.63) is 12.2 Å². The van der Waals surface area contributed by atoms with Gasteiger partial charge < -0.3 is 10.2 Å². The third kappa shape index (κ3) is 2.78. The number of ketones is 1. The SMILES string of the molecule is CC1C(=O)[C@]2(C(C)C)CC[C@H](O)[C@@H](/C=C/[C@@H](O)C3CCCCC3)[C@@H]12. The van der Waals surface area contributed by atoms with E-state index in [4.69, 9.17) is 0 Å². The normalized spacial score (nSPS) is 42.2. The average Bonchev–Trinajstić information content (AvgIpc) is 2.59. The summed E-state index contributed by atoms with van der Waals surface area (Å²) < 4.78 is 0. The summed E-state index contributed by atoms with van der Waals surface area (Å²) >= 11 is 0. The van der Waals surface area contributed by atoms with E-state index in [1.807, 2.05) is 19.1 Å². The largest absolute Gasteiger partial charge is 0.393 e. The van der Waals surface area contributed by atoms with Crippen molar-refractivity contribution in [2.45, 2.75) is 77.9 Å². The number of hydrogen-bond acceptors (Lipinski definition) is 3. The molecule has 6 atom stereocenters. The van der Waals surface area contributed by atoms with Crippen LogP contribution < -0.4 is 0 Å². The molecular weight excluding hydrogens is 300 g/mol. The Morgan fingerprint density at radius 1 is 1.17 bits per heavy atom. The van der Waals surface area contributed by atoms with Crippen LogP contribution in [0, 0.1) is 35.0 Å². The van der Waals surface area contributed by atoms with Crippen molar-refractivity contribution in [1.82, 2.24) is 0 Å². The molecule has 0 heterocycles. The minimum absolute atomic E-state index is 0.00657. The highest BCUT2D eigenvalue weighted by atomic mass is 16.3. The fraction of sp³-hybridized carbons (Fsp3) is 0.857. The van der Waals surface area contributed by atoms with E-state index in [9.17, 15) is 15.0 Å². The summed E-state index contributed by atoms with van der Waals surface area (Å²) in [6.07, 6.45) is 10.6. The van der Waals surface area contributed by atoms with Gasteiger partial charge in [0.2, 0.25) is 0 Å². The second-order valence-electron chi connectivity index (χ2n) is 8.83. The van der Waals surface area contributed by atoms with Crippen LogP contribution >= 0.6 is 0 Å². The second-order valence-corrected chi connectivity index (χ2v) is 8.83. The third-order valence-electron chi connectivity index (χ3n) is 7.41. The van der Waals surface area contributed by atoms with Gasteiger partial charge in [0.1, 0.15) is 5.78 Å². The molecule has 136 valence electrons. The zero-order chi connectivity index (χ0) is 17.5. The summed E-state index contributed by atoms with van der Waals surface area (Å²) in [4.78, 5) is 12.6. The fourth-order valence-electron chi connectivity index (χ4n) is 5.97. The zero-order valence-electron chi connectivity index (χ0n) is 15.4. The third-order valence-corrected chi connectivity index (χ3v) is 7.41. The highest BCUT2D eigenvalue weighted by Gasteiger charge is 2.65. The number of aliphatic hydroxyl groups is 2. The van der Waals surface area contributed by atoms with E-state index < -0.39 is 6.10 Å². The van der Waals surface area contributed by atoms with Crippen LogP contribution in [0.3, 0.4) is 0 Å². The Labute approximate surface area is 146 Å². The maximum atomic E-state index is 12.6. The first-order valence-electron chi connectivity index (χ1n) is 9.98. The molecule has 24 heavy (non-hydrogen) atoms. The lowest BCUT2D eigenvalue weighted by atomic mass is 9.41. The summed E-state index contributed by atoms with van der Waals surface area (Å²) in [6.45, 7) is 6.31. The molecule has 0 aromatic rings. The number of fused-ring (bicyclic) bond motifs is 1. The quantitative estimate of drug-likeness (QED) is 0.770. The molecule has 0 radical (unpaired) electrons. The predicted molar refractivity (Wildman–Crippen MR) is 95.4 cm³/mol. The molecule has 3 rings (SSSR count). The van der Waals surface area contributed by atoms with Gasteiger partial charge in [-0.3, -0.25) is 4.79 Å².